The molecule has 3 rings (SSSR count). The van der Waals surface area contributed by atoms with Crippen LogP contribution in [0.3, 0.4) is 0 Å². The van der Waals surface area contributed by atoms with Crippen molar-refractivity contribution in [3.05, 3.63) is 73.4 Å². The number of aromatic nitrogens is 2. The van der Waals surface area contributed by atoms with Gasteiger partial charge in [-0.25, -0.2) is 5.43 Å². The highest BCUT2D eigenvalue weighted by Crippen LogP contribution is 2.30. The molecule has 0 spiro atoms. The monoisotopic (exact) mass is 552 g/mol. The molecule has 0 radical (unpaired) electrons. The number of hydrazone groups is 1. The number of nitrogens with one attached hydrogen (secondary N) is 1. The van der Waals surface area contributed by atoms with Crippen molar-refractivity contribution >= 4 is 50.8 Å². The summed E-state index contributed by atoms with van der Waals surface area (Å²) >= 11 is 15.6. The molecule has 0 saturated heterocycles. The smallest absolute Gasteiger partial charge is 0.261 e. The first-order valence-electron chi connectivity index (χ1n) is 9.97. The molecular formula is C23H23BrCl2N4O3. The van der Waals surface area contributed by atoms with Gasteiger partial charge in [0.25, 0.3) is 5.91 Å². The van der Waals surface area contributed by atoms with E-state index in [9.17, 15) is 4.79 Å². The number of methoxy groups -OCH3 is 1. The van der Waals surface area contributed by atoms with Crippen LogP contribution in [-0.4, -0.2) is 28.5 Å². The Morgan fingerprint density at radius 1 is 1.18 bits per heavy atom. The molecule has 2 aromatic carbocycles. The molecule has 33 heavy (non-hydrogen) atoms. The van der Waals surface area contributed by atoms with E-state index < -0.39 is 0 Å². The summed E-state index contributed by atoms with van der Waals surface area (Å²) in [6, 6.07) is 10.7. The Morgan fingerprint density at radius 2 is 1.94 bits per heavy atom. The van der Waals surface area contributed by atoms with Crippen molar-refractivity contribution in [3.8, 4) is 11.5 Å². The number of aryl methyl sites for hydroxylation is 1. The third-order valence-corrected chi connectivity index (χ3v) is 6.65. The number of halogens is 3. The predicted octanol–water partition coefficient (Wildman–Crippen LogP) is 5.70. The first-order chi connectivity index (χ1) is 15.7. The van der Waals surface area contributed by atoms with Crippen LogP contribution < -0.4 is 14.9 Å². The summed E-state index contributed by atoms with van der Waals surface area (Å²) in [5.41, 5.74) is 6.47. The fourth-order valence-electron chi connectivity index (χ4n) is 3.02. The topological polar surface area (TPSA) is 77.7 Å². The van der Waals surface area contributed by atoms with Gasteiger partial charge in [-0.05, 0) is 67.0 Å². The molecule has 1 aromatic heterocycles. The second-order valence-electron chi connectivity index (χ2n) is 7.26. The molecule has 0 saturated carbocycles. The van der Waals surface area contributed by atoms with Crippen molar-refractivity contribution in [2.24, 2.45) is 5.10 Å². The Labute approximate surface area is 210 Å². The Morgan fingerprint density at radius 3 is 2.58 bits per heavy atom. The van der Waals surface area contributed by atoms with E-state index in [0.29, 0.717) is 27.3 Å². The Kier molecular flexibility index (Phi) is 8.40. The quantitative estimate of drug-likeness (QED) is 0.287. The summed E-state index contributed by atoms with van der Waals surface area (Å²) in [6.07, 6.45) is 0. The summed E-state index contributed by atoms with van der Waals surface area (Å²) in [5.74, 6) is 0.810. The van der Waals surface area contributed by atoms with Crippen molar-refractivity contribution in [2.75, 3.05) is 7.11 Å². The molecule has 3 aromatic rings. The van der Waals surface area contributed by atoms with E-state index in [1.807, 2.05) is 26.0 Å². The molecule has 0 aliphatic carbocycles. The van der Waals surface area contributed by atoms with Crippen LogP contribution in [0, 0.1) is 13.8 Å². The largest absolute Gasteiger partial charge is 0.493 e. The van der Waals surface area contributed by atoms with Gasteiger partial charge in [0.1, 0.15) is 13.2 Å². The van der Waals surface area contributed by atoms with Gasteiger partial charge in [-0.2, -0.15) is 10.2 Å². The summed E-state index contributed by atoms with van der Waals surface area (Å²) in [6.45, 7) is 5.89. The lowest BCUT2D eigenvalue weighted by Crippen LogP contribution is -2.25. The molecule has 0 bridgehead atoms. The number of ether oxygens (including phenoxy) is 2. The maximum atomic E-state index is 12.3. The lowest BCUT2D eigenvalue weighted by molar-refractivity contribution is -0.121. The Hall–Kier alpha value is -2.55. The van der Waals surface area contributed by atoms with Gasteiger partial charge in [0, 0.05) is 21.2 Å². The lowest BCUT2D eigenvalue weighted by Gasteiger charge is -2.13. The number of carbonyl (C=O) groups excluding carboxylic acids is 1. The molecule has 1 heterocycles. The summed E-state index contributed by atoms with van der Waals surface area (Å²) in [5, 5.41) is 9.63. The van der Waals surface area contributed by atoms with Crippen LogP contribution >= 0.6 is 39.1 Å². The van der Waals surface area contributed by atoms with Crippen LogP contribution in [0.5, 0.6) is 11.5 Å². The molecule has 7 nitrogen and oxygen atoms in total. The molecule has 1 N–H and O–H groups in total. The van der Waals surface area contributed by atoms with Gasteiger partial charge in [0.2, 0.25) is 0 Å². The van der Waals surface area contributed by atoms with E-state index in [1.54, 1.807) is 43.0 Å². The molecule has 1 amide bonds. The van der Waals surface area contributed by atoms with E-state index in [-0.39, 0.29) is 19.1 Å². The van der Waals surface area contributed by atoms with Crippen molar-refractivity contribution in [1.29, 1.82) is 0 Å². The van der Waals surface area contributed by atoms with Crippen molar-refractivity contribution < 1.29 is 14.3 Å². The van der Waals surface area contributed by atoms with Crippen LogP contribution in [-0.2, 0) is 17.9 Å². The summed E-state index contributed by atoms with van der Waals surface area (Å²) in [4.78, 5) is 12.3. The summed E-state index contributed by atoms with van der Waals surface area (Å²) < 4.78 is 13.9. The number of hydrogen-bond donors (Lipinski definition) is 1. The van der Waals surface area contributed by atoms with Crippen LogP contribution in [0.1, 0.15) is 29.4 Å². The fourth-order valence-corrected chi connectivity index (χ4v) is 3.76. The molecule has 0 fully saturated rings. The number of benzene rings is 2. The van der Waals surface area contributed by atoms with Gasteiger partial charge in [-0.3, -0.25) is 9.48 Å². The van der Waals surface area contributed by atoms with E-state index in [4.69, 9.17) is 32.7 Å². The molecule has 0 unspecified atom stereocenters. The van der Waals surface area contributed by atoms with E-state index in [2.05, 4.69) is 31.6 Å². The number of carbonyl (C=O) groups is 1. The fraction of sp³-hybridized carbons (Fsp3) is 0.261. The molecule has 10 heteroatoms. The number of hydrogen-bond acceptors (Lipinski definition) is 5. The number of amides is 1. The van der Waals surface area contributed by atoms with Gasteiger partial charge in [0.15, 0.2) is 11.5 Å². The molecule has 0 aliphatic rings. The van der Waals surface area contributed by atoms with Crippen LogP contribution in [0.2, 0.25) is 10.0 Å². The minimum absolute atomic E-state index is 0.0679. The minimum Gasteiger partial charge on any atom is -0.493 e. The number of rotatable bonds is 8. The molecular weight excluding hydrogens is 531 g/mol. The first-order valence-corrected chi connectivity index (χ1v) is 11.5. The zero-order valence-electron chi connectivity index (χ0n) is 18.6. The SMILES string of the molecule is COc1cc(/C(C)=N/NC(=O)Cn2nc(C)c(Br)c2C)ccc1OCc1ccc(Cl)cc1Cl. The average molecular weight is 554 g/mol. The van der Waals surface area contributed by atoms with E-state index in [0.717, 1.165) is 27.0 Å². The standard InChI is InChI=1S/C23H23BrCl2N4O3/c1-13(27-28-22(31)11-30-15(3)23(24)14(2)29-30)16-6-8-20(21(9-16)32-4)33-12-17-5-7-18(25)10-19(17)26/h5-10H,11-12H2,1-4H3,(H,28,31)/b27-13+. The zero-order chi connectivity index (χ0) is 24.1. The maximum absolute atomic E-state index is 12.3. The summed E-state index contributed by atoms with van der Waals surface area (Å²) in [7, 11) is 1.56. The molecule has 174 valence electrons. The second kappa shape index (κ2) is 11.0. The van der Waals surface area contributed by atoms with Crippen LogP contribution in [0.4, 0.5) is 0 Å². The molecule has 0 aliphatic heterocycles. The highest BCUT2D eigenvalue weighted by molar-refractivity contribution is 9.10. The normalized spacial score (nSPS) is 11.4. The average Bonchev–Trinajstić information content (AvgIpc) is 3.03. The first kappa shape index (κ1) is 25.1. The van der Waals surface area contributed by atoms with E-state index >= 15 is 0 Å². The van der Waals surface area contributed by atoms with Gasteiger partial charge in [0.05, 0.1) is 28.7 Å². The lowest BCUT2D eigenvalue weighted by atomic mass is 10.1. The number of nitrogens with zero attached hydrogens (tertiary/aromatic N) is 3. The van der Waals surface area contributed by atoms with Gasteiger partial charge in [-0.1, -0.05) is 29.3 Å². The van der Waals surface area contributed by atoms with Crippen LogP contribution in [0.25, 0.3) is 0 Å². The van der Waals surface area contributed by atoms with Gasteiger partial charge < -0.3 is 9.47 Å². The van der Waals surface area contributed by atoms with Crippen molar-refractivity contribution in [3.63, 3.8) is 0 Å². The van der Waals surface area contributed by atoms with Crippen molar-refractivity contribution in [2.45, 2.75) is 33.9 Å². The maximum Gasteiger partial charge on any atom is 0.261 e. The highest BCUT2D eigenvalue weighted by Gasteiger charge is 2.13. The second-order valence-corrected chi connectivity index (χ2v) is 8.90. The van der Waals surface area contributed by atoms with Crippen LogP contribution in [0.15, 0.2) is 46.0 Å². The third-order valence-electron chi connectivity index (χ3n) is 4.91. The highest BCUT2D eigenvalue weighted by atomic mass is 79.9. The zero-order valence-corrected chi connectivity index (χ0v) is 21.7. The van der Waals surface area contributed by atoms with E-state index in [1.165, 1.54) is 0 Å². The minimum atomic E-state index is -0.279. The third kappa shape index (κ3) is 6.28. The van der Waals surface area contributed by atoms with Gasteiger partial charge >= 0.3 is 0 Å². The Bertz CT molecular complexity index is 1210. The predicted molar refractivity (Wildman–Crippen MR) is 134 cm³/mol. The van der Waals surface area contributed by atoms with Gasteiger partial charge in [-0.15, -0.1) is 0 Å². The van der Waals surface area contributed by atoms with Crippen molar-refractivity contribution in [1.82, 2.24) is 15.2 Å². The molecule has 0 atom stereocenters. The Balaban J connectivity index is 1.66.